The number of hydrogen-bond acceptors (Lipinski definition) is 7. The fourth-order valence-corrected chi connectivity index (χ4v) is 8.39. The average Bonchev–Trinajstić information content (AvgIpc) is 3.58. The molecule has 7 rings (SSSR count). The molecular weight excluding hydrogens is 765 g/mol. The van der Waals surface area contributed by atoms with Crippen molar-refractivity contribution in [1.82, 2.24) is 35.4 Å². The highest BCUT2D eigenvalue weighted by atomic mass is 127. The first kappa shape index (κ1) is 36.5. The highest BCUT2D eigenvalue weighted by molar-refractivity contribution is 14.1. The Labute approximate surface area is 320 Å². The van der Waals surface area contributed by atoms with Gasteiger partial charge >= 0.3 is 0 Å². The van der Waals surface area contributed by atoms with Gasteiger partial charge in [-0.05, 0) is 129 Å². The molecule has 274 valence electrons. The van der Waals surface area contributed by atoms with Gasteiger partial charge < -0.3 is 30.2 Å². The van der Waals surface area contributed by atoms with E-state index in [0.717, 1.165) is 104 Å². The molecular formula is C41H50IN7O3. The summed E-state index contributed by atoms with van der Waals surface area (Å²) < 4.78 is 9.24. The monoisotopic (exact) mass is 815 g/mol. The molecule has 0 bridgehead atoms. The summed E-state index contributed by atoms with van der Waals surface area (Å²) >= 11 is 2.17. The lowest BCUT2D eigenvalue weighted by Gasteiger charge is -2.36. The Morgan fingerprint density at radius 3 is 2.38 bits per heavy atom. The summed E-state index contributed by atoms with van der Waals surface area (Å²) in [5.74, 6) is 1.60. The van der Waals surface area contributed by atoms with E-state index >= 15 is 0 Å². The predicted molar refractivity (Wildman–Crippen MR) is 212 cm³/mol. The molecule has 10 nitrogen and oxygen atoms in total. The largest absolute Gasteiger partial charge is 0.438 e. The predicted octanol–water partition coefficient (Wildman–Crippen LogP) is 6.76. The van der Waals surface area contributed by atoms with Crippen LogP contribution in [0.4, 0.5) is 0 Å². The van der Waals surface area contributed by atoms with Gasteiger partial charge in [0.25, 0.3) is 11.8 Å². The van der Waals surface area contributed by atoms with Gasteiger partial charge in [-0.1, -0.05) is 36.4 Å². The molecule has 2 aromatic heterocycles. The minimum absolute atomic E-state index is 0.00653. The second-order valence-corrected chi connectivity index (χ2v) is 16.1. The topological polar surface area (TPSA) is 113 Å². The normalized spacial score (nSPS) is 22.0. The van der Waals surface area contributed by atoms with Crippen molar-refractivity contribution in [2.24, 2.45) is 0 Å². The Hall–Kier alpha value is -3.81. The number of rotatable bonds is 11. The third kappa shape index (κ3) is 9.40. The van der Waals surface area contributed by atoms with Crippen molar-refractivity contribution in [1.29, 1.82) is 0 Å². The van der Waals surface area contributed by atoms with Crippen molar-refractivity contribution >= 4 is 34.4 Å². The highest BCUT2D eigenvalue weighted by Gasteiger charge is 2.27. The van der Waals surface area contributed by atoms with Crippen LogP contribution < -0.4 is 20.7 Å². The van der Waals surface area contributed by atoms with Gasteiger partial charge in [-0.2, -0.15) is 0 Å². The number of carbonyl (C=O) groups excluding carboxylic acids is 2. The van der Waals surface area contributed by atoms with Crippen molar-refractivity contribution in [2.75, 3.05) is 19.6 Å². The number of nitrogens with zero attached hydrogens (tertiary/aromatic N) is 4. The van der Waals surface area contributed by atoms with Gasteiger partial charge in [0, 0.05) is 66.2 Å². The van der Waals surface area contributed by atoms with E-state index in [-0.39, 0.29) is 29.8 Å². The SMILES string of the molecule is C[C@@H]1CN(CCCc2ccc(-c3cccc(Oc4ncc(I)cc4C(=O)NC4CCC(NC(=O)c5cn6c(n5)CCCC6)CC4)c3)cc2)C[C@H](C)N1. The van der Waals surface area contributed by atoms with Crippen LogP contribution in [0.3, 0.4) is 0 Å². The van der Waals surface area contributed by atoms with Gasteiger partial charge in [-0.3, -0.25) is 9.59 Å². The van der Waals surface area contributed by atoms with Crippen LogP contribution in [0.15, 0.2) is 67.0 Å². The Balaban J connectivity index is 0.916. The first-order valence-electron chi connectivity index (χ1n) is 18.9. The molecule has 3 N–H and O–H groups in total. The number of fused-ring (bicyclic) bond motifs is 1. The molecule has 0 radical (unpaired) electrons. The number of ether oxygens (including phenoxy) is 1. The van der Waals surface area contributed by atoms with Gasteiger partial charge in [-0.15, -0.1) is 0 Å². The Morgan fingerprint density at radius 2 is 1.65 bits per heavy atom. The van der Waals surface area contributed by atoms with E-state index in [0.29, 0.717) is 29.1 Å². The van der Waals surface area contributed by atoms with Crippen LogP contribution in [-0.4, -0.2) is 75.1 Å². The maximum Gasteiger partial charge on any atom is 0.271 e. The van der Waals surface area contributed by atoms with Crippen molar-refractivity contribution in [3.05, 3.63) is 93.2 Å². The van der Waals surface area contributed by atoms with Crippen molar-refractivity contribution in [3.63, 3.8) is 0 Å². The number of imidazole rings is 1. The van der Waals surface area contributed by atoms with Crippen LogP contribution in [0.5, 0.6) is 11.6 Å². The zero-order valence-electron chi connectivity index (χ0n) is 30.2. The van der Waals surface area contributed by atoms with Crippen LogP contribution in [-0.2, 0) is 19.4 Å². The summed E-state index contributed by atoms with van der Waals surface area (Å²) in [6, 6.07) is 19.7. The lowest BCUT2D eigenvalue weighted by Crippen LogP contribution is -2.54. The van der Waals surface area contributed by atoms with Crippen LogP contribution in [0, 0.1) is 3.57 Å². The van der Waals surface area contributed by atoms with E-state index in [1.807, 2.05) is 30.5 Å². The van der Waals surface area contributed by atoms with E-state index in [1.165, 1.54) is 5.56 Å². The third-order valence-corrected chi connectivity index (χ3v) is 11.1. The molecule has 1 saturated heterocycles. The van der Waals surface area contributed by atoms with Crippen LogP contribution in [0.1, 0.15) is 91.0 Å². The summed E-state index contributed by atoms with van der Waals surface area (Å²) in [6.45, 7) is 8.82. The number of amides is 2. The van der Waals surface area contributed by atoms with Crippen molar-refractivity contribution in [2.45, 2.75) is 102 Å². The lowest BCUT2D eigenvalue weighted by molar-refractivity contribution is 0.0888. The number of carbonyl (C=O) groups is 2. The third-order valence-electron chi connectivity index (χ3n) is 10.5. The van der Waals surface area contributed by atoms with Gasteiger partial charge in [0.05, 0.1) is 0 Å². The van der Waals surface area contributed by atoms with E-state index in [9.17, 15) is 9.59 Å². The minimum atomic E-state index is -0.204. The quantitative estimate of drug-likeness (QED) is 0.144. The number of pyridine rings is 1. The average molecular weight is 816 g/mol. The molecule has 0 spiro atoms. The molecule has 2 fully saturated rings. The number of halogens is 1. The van der Waals surface area contributed by atoms with Gasteiger partial charge in [0.15, 0.2) is 0 Å². The fourth-order valence-electron chi connectivity index (χ4n) is 7.94. The van der Waals surface area contributed by atoms with Gasteiger partial charge in [0.1, 0.15) is 22.8 Å². The lowest BCUT2D eigenvalue weighted by atomic mass is 9.91. The van der Waals surface area contributed by atoms with E-state index in [1.54, 1.807) is 6.20 Å². The van der Waals surface area contributed by atoms with E-state index in [4.69, 9.17) is 4.74 Å². The number of hydrogen-bond donors (Lipinski definition) is 3. The standard InChI is InChI=1S/C41H50IN7O3/c1-27-24-48(25-28(2)44-27)19-6-7-29-11-13-30(14-12-29)31-8-5-9-35(21-31)52-41-36(22-32(42)23-43-41)39(50)45-33-15-17-34(18-16-33)46-40(51)37-26-49-20-4-3-10-38(49)47-37/h5,8-9,11-14,21-23,26-28,33-34,44H,3-4,6-7,10,15-20,24-25H2,1-2H3,(H,45,50)(H,46,51)/t27-,28+,33?,34?. The highest BCUT2D eigenvalue weighted by Crippen LogP contribution is 2.30. The number of nitrogens with one attached hydrogen (secondary N) is 3. The smallest absolute Gasteiger partial charge is 0.271 e. The summed E-state index contributed by atoms with van der Waals surface area (Å²) in [6.07, 6.45) is 12.1. The van der Waals surface area contributed by atoms with Crippen molar-refractivity contribution in [3.8, 4) is 22.8 Å². The molecule has 2 amide bonds. The van der Waals surface area contributed by atoms with Crippen molar-refractivity contribution < 1.29 is 14.3 Å². The first-order chi connectivity index (χ1) is 25.3. The Bertz CT molecular complexity index is 1820. The number of aryl methyl sites for hydroxylation is 3. The molecule has 2 aliphatic heterocycles. The number of benzene rings is 2. The molecule has 1 saturated carbocycles. The van der Waals surface area contributed by atoms with Crippen LogP contribution in [0.2, 0.25) is 0 Å². The summed E-state index contributed by atoms with van der Waals surface area (Å²) in [5.41, 5.74) is 4.41. The second-order valence-electron chi connectivity index (χ2n) is 14.9. The van der Waals surface area contributed by atoms with Gasteiger partial charge in [0.2, 0.25) is 5.88 Å². The molecule has 2 aromatic carbocycles. The minimum Gasteiger partial charge on any atom is -0.438 e. The zero-order chi connectivity index (χ0) is 36.0. The maximum atomic E-state index is 13.6. The van der Waals surface area contributed by atoms with E-state index in [2.05, 4.69) is 102 Å². The van der Waals surface area contributed by atoms with Gasteiger partial charge in [-0.25, -0.2) is 9.97 Å². The number of piperazine rings is 1. The molecule has 0 unspecified atom stereocenters. The van der Waals surface area contributed by atoms with E-state index < -0.39 is 0 Å². The first-order valence-corrected chi connectivity index (χ1v) is 20.0. The fraction of sp³-hybridized carbons (Fsp3) is 0.463. The molecule has 4 heterocycles. The Morgan fingerprint density at radius 1 is 0.923 bits per heavy atom. The summed E-state index contributed by atoms with van der Waals surface area (Å²) in [4.78, 5) is 38.2. The Kier molecular flexibility index (Phi) is 11.9. The summed E-state index contributed by atoms with van der Waals surface area (Å²) in [7, 11) is 0. The van der Waals surface area contributed by atoms with Crippen LogP contribution >= 0.6 is 22.6 Å². The van der Waals surface area contributed by atoms with Crippen LogP contribution in [0.25, 0.3) is 11.1 Å². The molecule has 3 aliphatic rings. The number of aromatic nitrogens is 3. The molecule has 4 aromatic rings. The zero-order valence-corrected chi connectivity index (χ0v) is 32.4. The molecule has 2 atom stereocenters. The second kappa shape index (κ2) is 16.9. The maximum absolute atomic E-state index is 13.6. The summed E-state index contributed by atoms with van der Waals surface area (Å²) in [5, 5.41) is 9.99. The molecule has 52 heavy (non-hydrogen) atoms. The molecule has 1 aliphatic carbocycles. The molecule has 11 heteroatoms.